The summed E-state index contributed by atoms with van der Waals surface area (Å²) in [4.78, 5) is 11.9. The van der Waals surface area contributed by atoms with Gasteiger partial charge < -0.3 is 23.7 Å². The van der Waals surface area contributed by atoms with Crippen molar-refractivity contribution in [1.29, 1.82) is 0 Å². The predicted molar refractivity (Wildman–Crippen MR) is 137 cm³/mol. The average Bonchev–Trinajstić information content (AvgIpc) is 2.93. The zero-order valence-corrected chi connectivity index (χ0v) is 20.6. The predicted octanol–water partition coefficient (Wildman–Crippen LogP) is 4.29. The Kier molecular flexibility index (Phi) is 8.49. The summed E-state index contributed by atoms with van der Waals surface area (Å²) in [5, 5.41) is 0. The Morgan fingerprint density at radius 1 is 0.611 bits per heavy atom. The standard InChI is InChI=1S/C30H24O6/c1-7-20-14-22(9-8-21-12-13-25(30(31)36-6)26(17-21)32-2)16-23(15-20)10-11-24-18-27(33-3)29(35-5)28(19-24)34-4/h1,12-19H,2-6H3. The number of hydrogen-bond donors (Lipinski definition) is 0. The fourth-order valence-electron chi connectivity index (χ4n) is 3.34. The van der Waals surface area contributed by atoms with Gasteiger partial charge in [0.1, 0.15) is 11.3 Å². The second-order valence-corrected chi connectivity index (χ2v) is 7.26. The van der Waals surface area contributed by atoms with Gasteiger partial charge in [-0.3, -0.25) is 0 Å². The molecule has 0 aliphatic heterocycles. The van der Waals surface area contributed by atoms with E-state index in [1.807, 2.05) is 12.1 Å². The molecule has 0 saturated carbocycles. The van der Waals surface area contributed by atoms with E-state index in [1.54, 1.807) is 57.7 Å². The van der Waals surface area contributed by atoms with Crippen molar-refractivity contribution in [3.05, 3.63) is 81.9 Å². The van der Waals surface area contributed by atoms with Gasteiger partial charge in [0.25, 0.3) is 0 Å². The van der Waals surface area contributed by atoms with Crippen molar-refractivity contribution in [2.24, 2.45) is 0 Å². The van der Waals surface area contributed by atoms with Crippen molar-refractivity contribution in [3.63, 3.8) is 0 Å². The van der Waals surface area contributed by atoms with Crippen LogP contribution in [0.25, 0.3) is 0 Å². The van der Waals surface area contributed by atoms with Gasteiger partial charge in [-0.2, -0.15) is 0 Å². The molecule has 6 heteroatoms. The number of hydrogen-bond acceptors (Lipinski definition) is 6. The van der Waals surface area contributed by atoms with E-state index < -0.39 is 5.97 Å². The van der Waals surface area contributed by atoms with Gasteiger partial charge in [0, 0.05) is 27.8 Å². The quantitative estimate of drug-likeness (QED) is 0.401. The molecule has 0 unspecified atom stereocenters. The lowest BCUT2D eigenvalue weighted by Gasteiger charge is -2.12. The molecule has 0 radical (unpaired) electrons. The number of benzene rings is 3. The molecular formula is C30H24O6. The molecule has 180 valence electrons. The van der Waals surface area contributed by atoms with E-state index in [0.717, 1.165) is 0 Å². The van der Waals surface area contributed by atoms with Gasteiger partial charge >= 0.3 is 5.97 Å². The molecule has 0 N–H and O–H groups in total. The number of ether oxygens (including phenoxy) is 5. The van der Waals surface area contributed by atoms with E-state index in [9.17, 15) is 4.79 Å². The lowest BCUT2D eigenvalue weighted by Crippen LogP contribution is -2.04. The summed E-state index contributed by atoms with van der Waals surface area (Å²) in [6.45, 7) is 0. The third-order valence-corrected chi connectivity index (χ3v) is 5.07. The Morgan fingerprint density at radius 2 is 1.08 bits per heavy atom. The number of carbonyl (C=O) groups is 1. The number of methoxy groups -OCH3 is 5. The zero-order chi connectivity index (χ0) is 26.1. The van der Waals surface area contributed by atoms with E-state index >= 15 is 0 Å². The van der Waals surface area contributed by atoms with E-state index in [1.165, 1.54) is 14.2 Å². The summed E-state index contributed by atoms with van der Waals surface area (Å²) in [7, 11) is 7.44. The van der Waals surface area contributed by atoms with Crippen LogP contribution in [0.1, 0.15) is 38.2 Å². The summed E-state index contributed by atoms with van der Waals surface area (Å²) in [5.41, 5.74) is 3.70. The van der Waals surface area contributed by atoms with E-state index in [0.29, 0.717) is 56.4 Å². The summed E-state index contributed by atoms with van der Waals surface area (Å²) in [6.07, 6.45) is 5.65. The Morgan fingerprint density at radius 3 is 1.56 bits per heavy atom. The first-order valence-electron chi connectivity index (χ1n) is 10.7. The highest BCUT2D eigenvalue weighted by Gasteiger charge is 2.13. The minimum Gasteiger partial charge on any atom is -0.496 e. The van der Waals surface area contributed by atoms with Crippen LogP contribution in [0, 0.1) is 36.0 Å². The van der Waals surface area contributed by atoms with Crippen molar-refractivity contribution in [2.75, 3.05) is 35.5 Å². The molecule has 0 aliphatic rings. The summed E-state index contributed by atoms with van der Waals surface area (Å²) < 4.78 is 26.2. The molecule has 0 spiro atoms. The van der Waals surface area contributed by atoms with Crippen LogP contribution >= 0.6 is 0 Å². The van der Waals surface area contributed by atoms with Crippen LogP contribution < -0.4 is 18.9 Å². The van der Waals surface area contributed by atoms with Crippen LogP contribution in [0.15, 0.2) is 48.5 Å². The van der Waals surface area contributed by atoms with Crippen LogP contribution in [0.2, 0.25) is 0 Å². The van der Waals surface area contributed by atoms with Crippen LogP contribution in [0.4, 0.5) is 0 Å². The molecule has 3 aromatic rings. The fourth-order valence-corrected chi connectivity index (χ4v) is 3.34. The van der Waals surface area contributed by atoms with Crippen molar-refractivity contribution in [1.82, 2.24) is 0 Å². The highest BCUT2D eigenvalue weighted by atomic mass is 16.5. The molecular weight excluding hydrogens is 456 g/mol. The summed E-state index contributed by atoms with van der Waals surface area (Å²) >= 11 is 0. The van der Waals surface area contributed by atoms with E-state index in [-0.39, 0.29) is 0 Å². The molecule has 36 heavy (non-hydrogen) atoms. The highest BCUT2D eigenvalue weighted by molar-refractivity contribution is 5.92. The van der Waals surface area contributed by atoms with Crippen molar-refractivity contribution >= 4 is 5.97 Å². The minimum absolute atomic E-state index is 0.323. The van der Waals surface area contributed by atoms with Gasteiger partial charge in [-0.25, -0.2) is 4.79 Å². The molecule has 0 aliphatic carbocycles. The van der Waals surface area contributed by atoms with Gasteiger partial charge in [0.05, 0.1) is 35.5 Å². The summed E-state index contributed by atoms with van der Waals surface area (Å²) in [5.74, 6) is 16.4. The van der Waals surface area contributed by atoms with Crippen LogP contribution in [0.5, 0.6) is 23.0 Å². The molecule has 0 heterocycles. The van der Waals surface area contributed by atoms with Gasteiger partial charge in [-0.05, 0) is 48.5 Å². The van der Waals surface area contributed by atoms with E-state index in [2.05, 4.69) is 29.6 Å². The monoisotopic (exact) mass is 480 g/mol. The first-order chi connectivity index (χ1) is 17.5. The van der Waals surface area contributed by atoms with Crippen LogP contribution in [-0.2, 0) is 4.74 Å². The third kappa shape index (κ3) is 5.92. The topological polar surface area (TPSA) is 63.2 Å². The Labute approximate surface area is 211 Å². The second kappa shape index (κ2) is 11.9. The Balaban J connectivity index is 1.97. The normalized spacial score (nSPS) is 9.44. The highest BCUT2D eigenvalue weighted by Crippen LogP contribution is 2.38. The van der Waals surface area contributed by atoms with Crippen molar-refractivity contribution < 1.29 is 28.5 Å². The summed E-state index contributed by atoms with van der Waals surface area (Å²) in [6, 6.07) is 14.0. The largest absolute Gasteiger partial charge is 0.496 e. The smallest absolute Gasteiger partial charge is 0.341 e. The second-order valence-electron chi connectivity index (χ2n) is 7.26. The number of esters is 1. The molecule has 3 aromatic carbocycles. The Bertz CT molecular complexity index is 1430. The lowest BCUT2D eigenvalue weighted by atomic mass is 10.0. The fraction of sp³-hybridized carbons (Fsp3) is 0.167. The molecule has 0 aromatic heterocycles. The molecule has 6 nitrogen and oxygen atoms in total. The molecule has 3 rings (SSSR count). The SMILES string of the molecule is C#Cc1cc(C#Cc2ccc(C(=O)OC)c(OC)c2)cc(C#Cc2cc(OC)c(OC)c(OC)c2)c1. The number of terminal acetylenes is 1. The number of rotatable bonds is 5. The lowest BCUT2D eigenvalue weighted by molar-refractivity contribution is 0.0597. The number of carbonyl (C=O) groups excluding carboxylic acids is 1. The van der Waals surface area contributed by atoms with Gasteiger partial charge in [0.2, 0.25) is 5.75 Å². The molecule has 0 saturated heterocycles. The van der Waals surface area contributed by atoms with E-state index in [4.69, 9.17) is 30.1 Å². The molecule has 0 fully saturated rings. The van der Waals surface area contributed by atoms with Gasteiger partial charge in [0.15, 0.2) is 11.5 Å². The third-order valence-electron chi connectivity index (χ3n) is 5.07. The maximum Gasteiger partial charge on any atom is 0.341 e. The van der Waals surface area contributed by atoms with Gasteiger partial charge in [-0.15, -0.1) is 6.42 Å². The Hall–Kier alpha value is -4.99. The maximum atomic E-state index is 11.9. The maximum absolute atomic E-state index is 11.9. The minimum atomic E-state index is -0.483. The average molecular weight is 481 g/mol. The van der Waals surface area contributed by atoms with Gasteiger partial charge in [-0.1, -0.05) is 29.6 Å². The van der Waals surface area contributed by atoms with Crippen molar-refractivity contribution in [3.8, 4) is 59.0 Å². The van der Waals surface area contributed by atoms with Crippen LogP contribution in [0.3, 0.4) is 0 Å². The molecule has 0 bridgehead atoms. The molecule has 0 atom stereocenters. The zero-order valence-electron chi connectivity index (χ0n) is 20.6. The first-order valence-corrected chi connectivity index (χ1v) is 10.7. The van der Waals surface area contributed by atoms with Crippen molar-refractivity contribution in [2.45, 2.75) is 0 Å². The molecule has 0 amide bonds. The van der Waals surface area contributed by atoms with Crippen LogP contribution in [-0.4, -0.2) is 41.5 Å². The first kappa shape index (κ1) is 25.6.